The molecule has 0 saturated carbocycles. The molecule has 1 amide bonds. The van der Waals surface area contributed by atoms with Gasteiger partial charge in [0, 0.05) is 11.9 Å². The summed E-state index contributed by atoms with van der Waals surface area (Å²) in [6, 6.07) is 7.50. The van der Waals surface area contributed by atoms with E-state index in [4.69, 9.17) is 0 Å². The minimum atomic E-state index is -3.47. The molecule has 1 aromatic rings. The maximum absolute atomic E-state index is 12.6. The highest BCUT2D eigenvalue weighted by Gasteiger charge is 2.48. The fraction of sp³-hybridized carbons (Fsp3) is 0.533. The smallest absolute Gasteiger partial charge is 0.245 e. The van der Waals surface area contributed by atoms with E-state index in [1.54, 1.807) is 0 Å². The summed E-state index contributed by atoms with van der Waals surface area (Å²) in [4.78, 5) is 12.6. The molecule has 0 atom stereocenters. The quantitative estimate of drug-likeness (QED) is 0.871. The number of hydrogen-bond donors (Lipinski definition) is 2. The third kappa shape index (κ3) is 3.80. The number of aryl methyl sites for hydroxylation is 1. The third-order valence-electron chi connectivity index (χ3n) is 4.15. The van der Waals surface area contributed by atoms with Gasteiger partial charge in [0.15, 0.2) is 14.6 Å². The third-order valence-corrected chi connectivity index (χ3v) is 6.17. The summed E-state index contributed by atoms with van der Waals surface area (Å²) in [5, 5.41) is 5.87. The topological polar surface area (TPSA) is 75.3 Å². The summed E-state index contributed by atoms with van der Waals surface area (Å²) in [6.07, 6.45) is 2.70. The fourth-order valence-electron chi connectivity index (χ4n) is 2.67. The van der Waals surface area contributed by atoms with Crippen LogP contribution in [0.4, 0.5) is 5.69 Å². The minimum Gasteiger partial charge on any atom is -0.325 e. The number of piperidine rings is 1. The number of carbonyl (C=O) groups is 1. The van der Waals surface area contributed by atoms with Gasteiger partial charge in [-0.05, 0) is 50.0 Å². The predicted molar refractivity (Wildman–Crippen MR) is 91.4 cm³/mol. The Morgan fingerprint density at radius 1 is 1.23 bits per heavy atom. The molecule has 1 heterocycles. The second-order valence-corrected chi connectivity index (χ2v) is 7.85. The van der Waals surface area contributed by atoms with Crippen molar-refractivity contribution < 1.29 is 13.2 Å². The van der Waals surface area contributed by atoms with E-state index in [1.807, 2.05) is 24.3 Å². The van der Waals surface area contributed by atoms with E-state index >= 15 is 0 Å². The molecule has 2 rings (SSSR count). The summed E-state index contributed by atoms with van der Waals surface area (Å²) in [7, 11) is -3.47. The average molecular weight is 347 g/mol. The van der Waals surface area contributed by atoms with Crippen LogP contribution in [-0.4, -0.2) is 38.4 Å². The van der Waals surface area contributed by atoms with E-state index < -0.39 is 20.5 Å². The van der Waals surface area contributed by atoms with Crippen molar-refractivity contribution in [2.75, 3.05) is 24.7 Å². The molecule has 22 heavy (non-hydrogen) atoms. The van der Waals surface area contributed by atoms with Gasteiger partial charge in [0.25, 0.3) is 0 Å². The van der Waals surface area contributed by atoms with Crippen LogP contribution in [0.5, 0.6) is 0 Å². The zero-order valence-corrected chi connectivity index (χ0v) is 14.5. The van der Waals surface area contributed by atoms with E-state index in [-0.39, 0.29) is 12.4 Å². The van der Waals surface area contributed by atoms with Gasteiger partial charge in [-0.15, -0.1) is 12.4 Å². The Morgan fingerprint density at radius 2 is 1.77 bits per heavy atom. The second-order valence-electron chi connectivity index (χ2n) is 5.52. The van der Waals surface area contributed by atoms with Crippen molar-refractivity contribution >= 4 is 33.8 Å². The number of halogens is 1. The molecule has 1 fully saturated rings. The summed E-state index contributed by atoms with van der Waals surface area (Å²) >= 11 is 0. The average Bonchev–Trinajstić information content (AvgIpc) is 2.47. The molecule has 1 aromatic carbocycles. The molecule has 0 aromatic heterocycles. The fourth-order valence-corrected chi connectivity index (χ4v) is 4.00. The van der Waals surface area contributed by atoms with Crippen molar-refractivity contribution in [2.45, 2.75) is 30.9 Å². The number of nitrogens with one attached hydrogen (secondary N) is 2. The maximum Gasteiger partial charge on any atom is 0.245 e. The lowest BCUT2D eigenvalue weighted by Crippen LogP contribution is -2.55. The van der Waals surface area contributed by atoms with Crippen LogP contribution in [0, 0.1) is 0 Å². The Hall–Kier alpha value is -1.11. The zero-order valence-electron chi connectivity index (χ0n) is 12.9. The molecule has 5 nitrogen and oxygen atoms in total. The highest BCUT2D eigenvalue weighted by molar-refractivity contribution is 7.92. The van der Waals surface area contributed by atoms with Crippen molar-refractivity contribution in [3.63, 3.8) is 0 Å². The van der Waals surface area contributed by atoms with Gasteiger partial charge < -0.3 is 10.6 Å². The first-order valence-electron chi connectivity index (χ1n) is 7.20. The second kappa shape index (κ2) is 7.44. The van der Waals surface area contributed by atoms with Crippen LogP contribution in [0.2, 0.25) is 0 Å². The van der Waals surface area contributed by atoms with E-state index in [2.05, 4.69) is 17.6 Å². The molecule has 0 aliphatic carbocycles. The van der Waals surface area contributed by atoms with Crippen LogP contribution >= 0.6 is 12.4 Å². The van der Waals surface area contributed by atoms with E-state index in [0.717, 1.165) is 12.7 Å². The lowest BCUT2D eigenvalue weighted by atomic mass is 9.95. The van der Waals surface area contributed by atoms with Crippen molar-refractivity contribution in [3.05, 3.63) is 29.8 Å². The van der Waals surface area contributed by atoms with Gasteiger partial charge in [-0.25, -0.2) is 8.42 Å². The number of hydrogen-bond acceptors (Lipinski definition) is 4. The SMILES string of the molecule is CCc1ccc(NC(=O)C2(S(C)(=O)=O)CCNCC2)cc1.Cl. The Bertz CT molecular complexity index is 608. The summed E-state index contributed by atoms with van der Waals surface area (Å²) in [6.45, 7) is 3.13. The van der Waals surface area contributed by atoms with E-state index in [1.165, 1.54) is 5.56 Å². The van der Waals surface area contributed by atoms with Crippen LogP contribution in [0.15, 0.2) is 24.3 Å². The van der Waals surface area contributed by atoms with Crippen molar-refractivity contribution in [1.82, 2.24) is 5.32 Å². The molecular weight excluding hydrogens is 324 g/mol. The molecule has 124 valence electrons. The van der Waals surface area contributed by atoms with Gasteiger partial charge in [-0.3, -0.25) is 4.79 Å². The molecule has 1 aliphatic heterocycles. The van der Waals surface area contributed by atoms with Crippen molar-refractivity contribution in [3.8, 4) is 0 Å². The number of anilines is 1. The Labute approximate surface area is 138 Å². The Morgan fingerprint density at radius 3 is 2.23 bits per heavy atom. The first kappa shape index (κ1) is 18.9. The monoisotopic (exact) mass is 346 g/mol. The molecule has 0 spiro atoms. The maximum atomic E-state index is 12.6. The predicted octanol–water partition coefficient (Wildman–Crippen LogP) is 1.78. The summed E-state index contributed by atoms with van der Waals surface area (Å²) < 4.78 is 23.0. The highest BCUT2D eigenvalue weighted by Crippen LogP contribution is 2.29. The van der Waals surface area contributed by atoms with Gasteiger partial charge in [-0.2, -0.15) is 0 Å². The first-order valence-corrected chi connectivity index (χ1v) is 9.09. The molecular formula is C15H23ClN2O3S. The minimum absolute atomic E-state index is 0. The van der Waals surface area contributed by atoms with Gasteiger partial charge in [0.1, 0.15) is 0 Å². The summed E-state index contributed by atoms with van der Waals surface area (Å²) in [5.41, 5.74) is 1.81. The standard InChI is InChI=1S/C15H22N2O3S.ClH/c1-3-12-4-6-13(7-5-12)17-14(18)15(21(2,19)20)8-10-16-11-9-15;/h4-7,16H,3,8-11H2,1-2H3,(H,17,18);1H. The van der Waals surface area contributed by atoms with Gasteiger partial charge in [-0.1, -0.05) is 19.1 Å². The first-order chi connectivity index (χ1) is 9.89. The van der Waals surface area contributed by atoms with Crippen molar-refractivity contribution in [2.24, 2.45) is 0 Å². The van der Waals surface area contributed by atoms with E-state index in [9.17, 15) is 13.2 Å². The largest absolute Gasteiger partial charge is 0.325 e. The van der Waals surface area contributed by atoms with Crippen LogP contribution in [0.3, 0.4) is 0 Å². The molecule has 1 saturated heterocycles. The van der Waals surface area contributed by atoms with Gasteiger partial charge >= 0.3 is 0 Å². The van der Waals surface area contributed by atoms with Crippen LogP contribution in [0.1, 0.15) is 25.3 Å². The molecule has 1 aliphatic rings. The number of amides is 1. The molecule has 2 N–H and O–H groups in total. The van der Waals surface area contributed by atoms with Crippen LogP contribution in [-0.2, 0) is 21.1 Å². The Kier molecular flexibility index (Phi) is 6.40. The molecule has 7 heteroatoms. The highest BCUT2D eigenvalue weighted by atomic mass is 35.5. The summed E-state index contributed by atoms with van der Waals surface area (Å²) in [5.74, 6) is -0.421. The molecule has 0 radical (unpaired) electrons. The van der Waals surface area contributed by atoms with Gasteiger partial charge in [0.05, 0.1) is 0 Å². The molecule has 0 bridgehead atoms. The number of benzene rings is 1. The molecule has 0 unspecified atom stereocenters. The van der Waals surface area contributed by atoms with Gasteiger partial charge in [0.2, 0.25) is 5.91 Å². The van der Waals surface area contributed by atoms with E-state index in [0.29, 0.717) is 31.6 Å². The van der Waals surface area contributed by atoms with Crippen LogP contribution < -0.4 is 10.6 Å². The normalized spacial score (nSPS) is 17.4. The number of carbonyl (C=O) groups excluding carboxylic acids is 1. The lowest BCUT2D eigenvalue weighted by molar-refractivity contribution is -0.119. The number of rotatable bonds is 4. The van der Waals surface area contributed by atoms with Crippen molar-refractivity contribution in [1.29, 1.82) is 0 Å². The lowest BCUT2D eigenvalue weighted by Gasteiger charge is -2.34. The number of sulfone groups is 1. The van der Waals surface area contributed by atoms with Crippen LogP contribution in [0.25, 0.3) is 0 Å². The Balaban J connectivity index is 0.00000242. The zero-order chi connectivity index (χ0) is 15.5.